The number of rotatable bonds is 11. The molecule has 2 atom stereocenters. The second-order valence-corrected chi connectivity index (χ2v) is 9.37. The van der Waals surface area contributed by atoms with Crippen molar-refractivity contribution in [2.24, 2.45) is 0 Å². The van der Waals surface area contributed by atoms with Crippen LogP contribution in [0.15, 0.2) is 102 Å². The van der Waals surface area contributed by atoms with Gasteiger partial charge in [0.2, 0.25) is 11.7 Å². The number of Topliss-reactive ketones (excluding diaryl/α,β-unsaturated/α-hetero) is 1. The zero-order valence-electron chi connectivity index (χ0n) is 22.0. The summed E-state index contributed by atoms with van der Waals surface area (Å²) in [6.07, 6.45) is 3.93. The lowest BCUT2D eigenvalue weighted by molar-refractivity contribution is -0.123. The van der Waals surface area contributed by atoms with Gasteiger partial charge in [0.15, 0.2) is 5.58 Å². The van der Waals surface area contributed by atoms with Crippen molar-refractivity contribution in [3.8, 4) is 0 Å². The summed E-state index contributed by atoms with van der Waals surface area (Å²) in [7, 11) is 0. The van der Waals surface area contributed by atoms with Crippen molar-refractivity contribution in [2.75, 3.05) is 0 Å². The number of nitrogens with zero attached hydrogens (tertiary/aromatic N) is 3. The molecule has 202 valence electrons. The topological polar surface area (TPSA) is 119 Å². The predicted octanol–water partition coefficient (Wildman–Crippen LogP) is 4.19. The van der Waals surface area contributed by atoms with E-state index >= 15 is 0 Å². The van der Waals surface area contributed by atoms with Crippen molar-refractivity contribution >= 4 is 28.7 Å². The number of ketones is 1. The lowest BCUT2D eigenvalue weighted by Crippen LogP contribution is -2.52. The first kappa shape index (κ1) is 26.6. The van der Waals surface area contributed by atoms with E-state index in [1.807, 2.05) is 47.2 Å². The number of hydrogen-bond donors (Lipinski definition) is 2. The molecule has 0 radical (unpaired) electrons. The molecule has 0 bridgehead atoms. The van der Waals surface area contributed by atoms with E-state index in [2.05, 4.69) is 20.6 Å². The quantitative estimate of drug-likeness (QED) is 0.245. The third-order valence-corrected chi connectivity index (χ3v) is 6.59. The molecule has 5 rings (SSSR count). The molecule has 3 aromatic carbocycles. The second-order valence-electron chi connectivity index (χ2n) is 9.37. The normalized spacial score (nSPS) is 12.5. The van der Waals surface area contributed by atoms with E-state index in [0.29, 0.717) is 35.5 Å². The van der Waals surface area contributed by atoms with Crippen LogP contribution in [-0.2, 0) is 17.8 Å². The number of carbonyl (C=O) groups is 3. The molecule has 0 aliphatic carbocycles. The van der Waals surface area contributed by atoms with E-state index in [-0.39, 0.29) is 12.3 Å². The SMILES string of the molecule is CC[C@H](NC(=O)[C@H](Cc1nccn1Cc1ccccc1)NC(=O)c1ccccc1)C(=O)c1nc2ccccc2o1. The number of hydrogen-bond acceptors (Lipinski definition) is 6. The molecule has 0 saturated heterocycles. The smallest absolute Gasteiger partial charge is 0.266 e. The first-order chi connectivity index (χ1) is 19.5. The number of para-hydroxylation sites is 2. The van der Waals surface area contributed by atoms with Gasteiger partial charge in [-0.15, -0.1) is 0 Å². The highest BCUT2D eigenvalue weighted by Crippen LogP contribution is 2.17. The Morgan fingerprint density at radius 3 is 2.30 bits per heavy atom. The molecule has 0 spiro atoms. The molecule has 0 aliphatic rings. The van der Waals surface area contributed by atoms with E-state index in [1.165, 1.54) is 0 Å². The Morgan fingerprint density at radius 1 is 0.875 bits per heavy atom. The molecular weight excluding hydrogens is 506 g/mol. The summed E-state index contributed by atoms with van der Waals surface area (Å²) in [5, 5.41) is 5.65. The lowest BCUT2D eigenvalue weighted by Gasteiger charge is -2.22. The maximum absolute atomic E-state index is 13.6. The Balaban J connectivity index is 1.37. The Bertz CT molecular complexity index is 1580. The van der Waals surface area contributed by atoms with Crippen LogP contribution in [-0.4, -0.2) is 44.2 Å². The van der Waals surface area contributed by atoms with Gasteiger partial charge < -0.3 is 19.6 Å². The van der Waals surface area contributed by atoms with Crippen LogP contribution in [0.4, 0.5) is 0 Å². The van der Waals surface area contributed by atoms with Gasteiger partial charge in [0.05, 0.1) is 6.04 Å². The van der Waals surface area contributed by atoms with Crippen LogP contribution in [0, 0.1) is 0 Å². The van der Waals surface area contributed by atoms with Gasteiger partial charge in [-0.05, 0) is 36.2 Å². The number of oxazole rings is 1. The minimum absolute atomic E-state index is 0.0726. The second kappa shape index (κ2) is 12.2. The third-order valence-electron chi connectivity index (χ3n) is 6.59. The van der Waals surface area contributed by atoms with Gasteiger partial charge in [-0.1, -0.05) is 67.6 Å². The van der Waals surface area contributed by atoms with Crippen LogP contribution in [0.25, 0.3) is 11.1 Å². The molecule has 9 nitrogen and oxygen atoms in total. The molecule has 2 amide bonds. The Morgan fingerprint density at radius 2 is 1.57 bits per heavy atom. The summed E-state index contributed by atoms with van der Waals surface area (Å²) in [5.41, 5.74) is 2.55. The number of aromatic nitrogens is 3. The lowest BCUT2D eigenvalue weighted by atomic mass is 10.1. The molecule has 40 heavy (non-hydrogen) atoms. The number of carbonyl (C=O) groups excluding carboxylic acids is 3. The van der Waals surface area contributed by atoms with Crippen molar-refractivity contribution in [3.63, 3.8) is 0 Å². The van der Waals surface area contributed by atoms with Gasteiger partial charge in [-0.25, -0.2) is 9.97 Å². The van der Waals surface area contributed by atoms with Gasteiger partial charge in [-0.2, -0.15) is 0 Å². The van der Waals surface area contributed by atoms with E-state index in [0.717, 1.165) is 5.56 Å². The van der Waals surface area contributed by atoms with E-state index in [9.17, 15) is 14.4 Å². The Kier molecular flexibility index (Phi) is 8.10. The predicted molar refractivity (Wildman–Crippen MR) is 150 cm³/mol. The van der Waals surface area contributed by atoms with E-state index in [1.54, 1.807) is 61.7 Å². The minimum atomic E-state index is -0.991. The summed E-state index contributed by atoms with van der Waals surface area (Å²) in [6.45, 7) is 2.35. The molecule has 0 unspecified atom stereocenters. The van der Waals surface area contributed by atoms with Gasteiger partial charge in [-0.3, -0.25) is 14.4 Å². The molecule has 0 aliphatic heterocycles. The van der Waals surface area contributed by atoms with Gasteiger partial charge >= 0.3 is 0 Å². The van der Waals surface area contributed by atoms with Crippen LogP contribution in [0.3, 0.4) is 0 Å². The monoisotopic (exact) mass is 535 g/mol. The molecule has 2 N–H and O–H groups in total. The van der Waals surface area contributed by atoms with Gasteiger partial charge in [0.1, 0.15) is 17.4 Å². The first-order valence-corrected chi connectivity index (χ1v) is 13.1. The first-order valence-electron chi connectivity index (χ1n) is 13.1. The molecule has 0 saturated carbocycles. The van der Waals surface area contributed by atoms with E-state index < -0.39 is 29.7 Å². The van der Waals surface area contributed by atoms with Crippen molar-refractivity contribution in [1.29, 1.82) is 0 Å². The fourth-order valence-corrected chi connectivity index (χ4v) is 4.43. The molecule has 2 heterocycles. The Labute approximate surface area is 231 Å². The highest BCUT2D eigenvalue weighted by molar-refractivity contribution is 6.02. The molecule has 5 aromatic rings. The molecule has 9 heteroatoms. The maximum atomic E-state index is 13.6. The average Bonchev–Trinajstić information content (AvgIpc) is 3.62. The highest BCUT2D eigenvalue weighted by Gasteiger charge is 2.30. The van der Waals surface area contributed by atoms with Crippen LogP contribution in [0.2, 0.25) is 0 Å². The zero-order valence-corrected chi connectivity index (χ0v) is 22.0. The highest BCUT2D eigenvalue weighted by atomic mass is 16.4. The number of amides is 2. The fraction of sp³-hybridized carbons (Fsp3) is 0.194. The number of imidazole rings is 1. The van der Waals surface area contributed by atoms with Crippen LogP contribution < -0.4 is 10.6 Å². The van der Waals surface area contributed by atoms with Crippen molar-refractivity contribution in [3.05, 3.63) is 120 Å². The zero-order chi connectivity index (χ0) is 27.9. The summed E-state index contributed by atoms with van der Waals surface area (Å²) in [6, 6.07) is 23.7. The number of fused-ring (bicyclic) bond motifs is 1. The fourth-order valence-electron chi connectivity index (χ4n) is 4.43. The largest absolute Gasteiger partial charge is 0.434 e. The molecule has 2 aromatic heterocycles. The van der Waals surface area contributed by atoms with Crippen LogP contribution >= 0.6 is 0 Å². The molecular formula is C31H29N5O4. The maximum Gasteiger partial charge on any atom is 0.266 e. The van der Waals surface area contributed by atoms with Crippen molar-refractivity contribution in [1.82, 2.24) is 25.2 Å². The summed E-state index contributed by atoms with van der Waals surface area (Å²) in [4.78, 5) is 48.7. The van der Waals surface area contributed by atoms with Crippen molar-refractivity contribution in [2.45, 2.75) is 38.4 Å². The van der Waals surface area contributed by atoms with Crippen LogP contribution in [0.5, 0.6) is 0 Å². The average molecular weight is 536 g/mol. The third kappa shape index (κ3) is 6.15. The molecule has 0 fully saturated rings. The van der Waals surface area contributed by atoms with Crippen LogP contribution in [0.1, 0.15) is 45.8 Å². The number of nitrogens with one attached hydrogen (secondary N) is 2. The summed E-state index contributed by atoms with van der Waals surface area (Å²) < 4.78 is 7.58. The van der Waals surface area contributed by atoms with E-state index in [4.69, 9.17) is 4.42 Å². The van der Waals surface area contributed by atoms with Crippen molar-refractivity contribution < 1.29 is 18.8 Å². The Hall–Kier alpha value is -5.05. The minimum Gasteiger partial charge on any atom is -0.434 e. The number of benzene rings is 3. The summed E-state index contributed by atoms with van der Waals surface area (Å²) in [5.74, 6) is -0.798. The summed E-state index contributed by atoms with van der Waals surface area (Å²) >= 11 is 0. The van der Waals surface area contributed by atoms with Gasteiger partial charge in [0, 0.05) is 30.9 Å². The van der Waals surface area contributed by atoms with Gasteiger partial charge in [0.25, 0.3) is 11.8 Å². The standard InChI is InChI=1S/C31H29N5O4/c1-2-23(28(37)31-35-24-15-9-10-16-26(24)40-31)33-30(39)25(34-29(38)22-13-7-4-8-14-22)19-27-32-17-18-36(27)20-21-11-5-3-6-12-21/h3-18,23,25H,2,19-20H2,1H3,(H,33,39)(H,34,38)/t23-,25-/m0/s1.